The quantitative estimate of drug-likeness (QED) is 0.748. The topological polar surface area (TPSA) is 61.4 Å². The fourth-order valence-corrected chi connectivity index (χ4v) is 2.86. The SMILES string of the molecule is CCCC1(C(=O)N(CC)CC(=O)NC)CCCNC1. The third kappa shape index (κ3) is 3.93. The number of nitrogens with one attached hydrogen (secondary N) is 2. The first kappa shape index (κ1) is 16.0. The Bertz CT molecular complexity index is 306. The summed E-state index contributed by atoms with van der Waals surface area (Å²) in [7, 11) is 1.60. The zero-order chi connectivity index (χ0) is 14.3. The van der Waals surface area contributed by atoms with E-state index in [0.29, 0.717) is 6.54 Å². The summed E-state index contributed by atoms with van der Waals surface area (Å²) in [6.07, 6.45) is 3.84. The van der Waals surface area contributed by atoms with Gasteiger partial charge in [0.05, 0.1) is 12.0 Å². The standard InChI is InChI=1S/C14H27N3O2/c1-4-7-14(8-6-9-16-11-14)13(19)17(5-2)10-12(18)15-3/h16H,4-11H2,1-3H3,(H,15,18). The number of nitrogens with zero attached hydrogens (tertiary/aromatic N) is 1. The van der Waals surface area contributed by atoms with Crippen molar-refractivity contribution in [1.29, 1.82) is 0 Å². The molecule has 0 saturated carbocycles. The summed E-state index contributed by atoms with van der Waals surface area (Å²) in [6.45, 7) is 6.51. The van der Waals surface area contributed by atoms with Crippen LogP contribution < -0.4 is 10.6 Å². The van der Waals surface area contributed by atoms with E-state index in [-0.39, 0.29) is 23.8 Å². The minimum atomic E-state index is -0.309. The summed E-state index contributed by atoms with van der Waals surface area (Å²) in [5, 5.41) is 5.92. The second-order valence-electron chi connectivity index (χ2n) is 5.30. The van der Waals surface area contributed by atoms with Crippen LogP contribution in [-0.4, -0.2) is 49.9 Å². The van der Waals surface area contributed by atoms with Gasteiger partial charge in [-0.2, -0.15) is 0 Å². The van der Waals surface area contributed by atoms with Gasteiger partial charge >= 0.3 is 0 Å². The van der Waals surface area contributed by atoms with Crippen LogP contribution in [0.25, 0.3) is 0 Å². The highest BCUT2D eigenvalue weighted by atomic mass is 16.2. The third-order valence-electron chi connectivity index (χ3n) is 3.94. The molecule has 0 aliphatic carbocycles. The lowest BCUT2D eigenvalue weighted by atomic mass is 9.75. The lowest BCUT2D eigenvalue weighted by Gasteiger charge is -2.39. The minimum Gasteiger partial charge on any atom is -0.358 e. The Labute approximate surface area is 116 Å². The highest BCUT2D eigenvalue weighted by Crippen LogP contribution is 2.33. The number of amides is 2. The Morgan fingerprint density at radius 1 is 1.37 bits per heavy atom. The minimum absolute atomic E-state index is 0.106. The Hall–Kier alpha value is -1.10. The lowest BCUT2D eigenvalue weighted by Crippen LogP contribution is -2.53. The molecule has 110 valence electrons. The molecular weight excluding hydrogens is 242 g/mol. The summed E-state index contributed by atoms with van der Waals surface area (Å²) < 4.78 is 0. The van der Waals surface area contributed by atoms with Crippen molar-refractivity contribution in [3.05, 3.63) is 0 Å². The number of likely N-dealkylation sites (N-methyl/N-ethyl adjacent to an activating group) is 2. The Balaban J connectivity index is 2.81. The van der Waals surface area contributed by atoms with Crippen LogP contribution in [0, 0.1) is 5.41 Å². The Morgan fingerprint density at radius 3 is 2.58 bits per heavy atom. The summed E-state index contributed by atoms with van der Waals surface area (Å²) in [6, 6.07) is 0. The van der Waals surface area contributed by atoms with Crippen LogP contribution in [0.1, 0.15) is 39.5 Å². The average molecular weight is 269 g/mol. The molecule has 2 N–H and O–H groups in total. The summed E-state index contributed by atoms with van der Waals surface area (Å²) >= 11 is 0. The molecule has 1 aliphatic rings. The zero-order valence-electron chi connectivity index (χ0n) is 12.4. The highest BCUT2D eigenvalue weighted by molar-refractivity contribution is 5.88. The van der Waals surface area contributed by atoms with E-state index >= 15 is 0 Å². The molecule has 19 heavy (non-hydrogen) atoms. The van der Waals surface area contributed by atoms with Crippen LogP contribution in [-0.2, 0) is 9.59 Å². The number of hydrogen-bond acceptors (Lipinski definition) is 3. The second kappa shape index (κ2) is 7.48. The Morgan fingerprint density at radius 2 is 2.11 bits per heavy atom. The lowest BCUT2D eigenvalue weighted by molar-refractivity contribution is -0.146. The molecule has 0 bridgehead atoms. The van der Waals surface area contributed by atoms with Crippen molar-refractivity contribution < 1.29 is 9.59 Å². The van der Waals surface area contributed by atoms with Gasteiger partial charge in [0.25, 0.3) is 0 Å². The summed E-state index contributed by atoms with van der Waals surface area (Å²) in [5.41, 5.74) is -0.309. The first-order valence-corrected chi connectivity index (χ1v) is 7.30. The van der Waals surface area contributed by atoms with Crippen LogP contribution >= 0.6 is 0 Å². The molecule has 1 saturated heterocycles. The van der Waals surface area contributed by atoms with Crippen molar-refractivity contribution in [3.63, 3.8) is 0 Å². The summed E-state index contributed by atoms with van der Waals surface area (Å²) in [5.74, 6) is 0.0262. The number of carbonyl (C=O) groups excluding carboxylic acids is 2. The number of hydrogen-bond donors (Lipinski definition) is 2. The zero-order valence-corrected chi connectivity index (χ0v) is 12.4. The van der Waals surface area contributed by atoms with Gasteiger partial charge in [0, 0.05) is 20.1 Å². The van der Waals surface area contributed by atoms with Crippen molar-refractivity contribution in [2.45, 2.75) is 39.5 Å². The smallest absolute Gasteiger partial charge is 0.239 e. The van der Waals surface area contributed by atoms with Gasteiger partial charge in [-0.3, -0.25) is 9.59 Å². The van der Waals surface area contributed by atoms with Gasteiger partial charge in [0.2, 0.25) is 11.8 Å². The van der Waals surface area contributed by atoms with Crippen molar-refractivity contribution >= 4 is 11.8 Å². The van der Waals surface area contributed by atoms with E-state index in [1.807, 2.05) is 6.92 Å². The second-order valence-corrected chi connectivity index (χ2v) is 5.30. The van der Waals surface area contributed by atoms with E-state index in [2.05, 4.69) is 17.6 Å². The first-order chi connectivity index (χ1) is 9.09. The molecule has 1 atom stereocenters. The van der Waals surface area contributed by atoms with Crippen molar-refractivity contribution in [2.75, 3.05) is 33.2 Å². The molecule has 0 aromatic rings. The van der Waals surface area contributed by atoms with E-state index in [1.165, 1.54) is 0 Å². The molecule has 1 aliphatic heterocycles. The van der Waals surface area contributed by atoms with Gasteiger partial charge in [0.15, 0.2) is 0 Å². The molecule has 0 aromatic carbocycles. The van der Waals surface area contributed by atoms with Gasteiger partial charge in [-0.05, 0) is 32.7 Å². The highest BCUT2D eigenvalue weighted by Gasteiger charge is 2.41. The van der Waals surface area contributed by atoms with E-state index in [0.717, 1.165) is 38.8 Å². The van der Waals surface area contributed by atoms with Crippen molar-refractivity contribution in [2.24, 2.45) is 5.41 Å². The van der Waals surface area contributed by atoms with Crippen molar-refractivity contribution in [3.8, 4) is 0 Å². The monoisotopic (exact) mass is 269 g/mol. The van der Waals surface area contributed by atoms with Gasteiger partial charge < -0.3 is 15.5 Å². The molecule has 1 heterocycles. The average Bonchev–Trinajstić information content (AvgIpc) is 2.45. The normalized spacial score (nSPS) is 22.9. The molecule has 5 nitrogen and oxygen atoms in total. The fourth-order valence-electron chi connectivity index (χ4n) is 2.86. The molecule has 0 spiro atoms. The molecule has 1 unspecified atom stereocenters. The fraction of sp³-hybridized carbons (Fsp3) is 0.857. The van der Waals surface area contributed by atoms with E-state index in [9.17, 15) is 9.59 Å². The van der Waals surface area contributed by atoms with Crippen LogP contribution in [0.2, 0.25) is 0 Å². The predicted octanol–water partition coefficient (Wildman–Crippen LogP) is 0.751. The molecular formula is C14H27N3O2. The van der Waals surface area contributed by atoms with Crippen molar-refractivity contribution in [1.82, 2.24) is 15.5 Å². The van der Waals surface area contributed by atoms with Gasteiger partial charge in [-0.25, -0.2) is 0 Å². The maximum atomic E-state index is 12.8. The van der Waals surface area contributed by atoms with E-state index in [1.54, 1.807) is 11.9 Å². The largest absolute Gasteiger partial charge is 0.358 e. The number of carbonyl (C=O) groups is 2. The maximum Gasteiger partial charge on any atom is 0.239 e. The predicted molar refractivity (Wildman–Crippen MR) is 75.8 cm³/mol. The molecule has 0 aromatic heterocycles. The van der Waals surface area contributed by atoms with Gasteiger partial charge in [0.1, 0.15) is 0 Å². The molecule has 1 fully saturated rings. The third-order valence-corrected chi connectivity index (χ3v) is 3.94. The molecule has 5 heteroatoms. The van der Waals surface area contributed by atoms with Crippen LogP contribution in [0.15, 0.2) is 0 Å². The van der Waals surface area contributed by atoms with Crippen LogP contribution in [0.4, 0.5) is 0 Å². The number of piperidine rings is 1. The molecule has 0 radical (unpaired) electrons. The van der Waals surface area contributed by atoms with Gasteiger partial charge in [-0.15, -0.1) is 0 Å². The molecule has 2 amide bonds. The number of rotatable bonds is 6. The molecule has 1 rings (SSSR count). The van der Waals surface area contributed by atoms with Crippen LogP contribution in [0.3, 0.4) is 0 Å². The maximum absolute atomic E-state index is 12.8. The first-order valence-electron chi connectivity index (χ1n) is 7.30. The Kier molecular flexibility index (Phi) is 6.28. The summed E-state index contributed by atoms with van der Waals surface area (Å²) in [4.78, 5) is 26.0. The van der Waals surface area contributed by atoms with Crippen LogP contribution in [0.5, 0.6) is 0 Å². The van der Waals surface area contributed by atoms with E-state index < -0.39 is 0 Å². The van der Waals surface area contributed by atoms with Gasteiger partial charge in [-0.1, -0.05) is 13.3 Å². The van der Waals surface area contributed by atoms with E-state index in [4.69, 9.17) is 0 Å².